The number of aryl methyl sites for hydroxylation is 2. The summed E-state index contributed by atoms with van der Waals surface area (Å²) in [4.78, 5) is 11.7. The molecule has 0 radical (unpaired) electrons. The van der Waals surface area contributed by atoms with E-state index >= 15 is 0 Å². The van der Waals surface area contributed by atoms with Crippen LogP contribution >= 0.6 is 27.3 Å². The molecular formula is C15H18BrN5S. The fraction of sp³-hybridized carbons (Fsp3) is 0.467. The van der Waals surface area contributed by atoms with Gasteiger partial charge in [0.2, 0.25) is 0 Å². The normalized spacial score (nSPS) is 15.7. The van der Waals surface area contributed by atoms with Crippen molar-refractivity contribution >= 4 is 54.3 Å². The van der Waals surface area contributed by atoms with Gasteiger partial charge in [0.15, 0.2) is 5.82 Å². The molecule has 1 saturated heterocycles. The molecule has 3 aromatic heterocycles. The molecule has 4 rings (SSSR count). The summed E-state index contributed by atoms with van der Waals surface area (Å²) in [7, 11) is 2.08. The SMILES string of the molecule is Cn1c(CCCN2CCC2)nc2c(N)nc3cc(Br)sc3c21. The Morgan fingerprint density at radius 2 is 2.18 bits per heavy atom. The van der Waals surface area contributed by atoms with Crippen molar-refractivity contribution in [3.8, 4) is 0 Å². The first-order valence-electron chi connectivity index (χ1n) is 7.55. The van der Waals surface area contributed by atoms with Gasteiger partial charge in [-0.05, 0) is 54.5 Å². The Kier molecular flexibility index (Phi) is 3.58. The van der Waals surface area contributed by atoms with Crippen LogP contribution in [0.3, 0.4) is 0 Å². The van der Waals surface area contributed by atoms with E-state index in [-0.39, 0.29) is 0 Å². The Labute approximate surface area is 141 Å². The van der Waals surface area contributed by atoms with Gasteiger partial charge in [0.25, 0.3) is 0 Å². The number of anilines is 1. The molecule has 1 aliphatic rings. The largest absolute Gasteiger partial charge is 0.382 e. The molecule has 0 bridgehead atoms. The van der Waals surface area contributed by atoms with Crippen LogP contribution in [0.15, 0.2) is 9.85 Å². The number of thiophene rings is 1. The van der Waals surface area contributed by atoms with Crippen molar-refractivity contribution in [3.63, 3.8) is 0 Å². The molecule has 1 fully saturated rings. The summed E-state index contributed by atoms with van der Waals surface area (Å²) in [5.41, 5.74) is 9.00. The first kappa shape index (κ1) is 14.4. The smallest absolute Gasteiger partial charge is 0.152 e. The monoisotopic (exact) mass is 379 g/mol. The van der Waals surface area contributed by atoms with Gasteiger partial charge in [-0.25, -0.2) is 9.97 Å². The number of likely N-dealkylation sites (tertiary alicyclic amines) is 1. The topological polar surface area (TPSA) is 60.0 Å². The van der Waals surface area contributed by atoms with E-state index in [1.54, 1.807) is 11.3 Å². The number of hydrogen-bond donors (Lipinski definition) is 1. The maximum Gasteiger partial charge on any atom is 0.152 e. The van der Waals surface area contributed by atoms with E-state index in [1.807, 2.05) is 6.07 Å². The van der Waals surface area contributed by atoms with Gasteiger partial charge in [0.05, 0.1) is 19.5 Å². The molecule has 1 aliphatic heterocycles. The van der Waals surface area contributed by atoms with Crippen LogP contribution in [-0.2, 0) is 13.5 Å². The van der Waals surface area contributed by atoms with E-state index < -0.39 is 0 Å². The summed E-state index contributed by atoms with van der Waals surface area (Å²) in [6.45, 7) is 3.67. The minimum absolute atomic E-state index is 0.525. The van der Waals surface area contributed by atoms with E-state index in [4.69, 9.17) is 10.7 Å². The van der Waals surface area contributed by atoms with E-state index in [0.29, 0.717) is 5.82 Å². The van der Waals surface area contributed by atoms with Crippen LogP contribution in [0, 0.1) is 0 Å². The summed E-state index contributed by atoms with van der Waals surface area (Å²) < 4.78 is 4.41. The van der Waals surface area contributed by atoms with Crippen LogP contribution in [-0.4, -0.2) is 39.1 Å². The minimum Gasteiger partial charge on any atom is -0.382 e. The lowest BCUT2D eigenvalue weighted by atomic mass is 10.2. The van der Waals surface area contributed by atoms with Crippen LogP contribution in [0.1, 0.15) is 18.7 Å². The number of hydrogen-bond acceptors (Lipinski definition) is 5. The van der Waals surface area contributed by atoms with E-state index in [2.05, 4.69) is 37.4 Å². The lowest BCUT2D eigenvalue weighted by Gasteiger charge is -2.30. The number of aromatic nitrogens is 3. The second-order valence-electron chi connectivity index (χ2n) is 5.84. The zero-order valence-corrected chi connectivity index (χ0v) is 14.9. The molecule has 0 aliphatic carbocycles. The van der Waals surface area contributed by atoms with Gasteiger partial charge in [0.1, 0.15) is 11.3 Å². The van der Waals surface area contributed by atoms with Crippen molar-refractivity contribution in [2.75, 3.05) is 25.4 Å². The summed E-state index contributed by atoms with van der Waals surface area (Å²) in [5, 5.41) is 0. The number of rotatable bonds is 4. The molecule has 3 aromatic rings. The third-order valence-corrected chi connectivity index (χ3v) is 6.03. The average molecular weight is 380 g/mol. The molecule has 0 amide bonds. The average Bonchev–Trinajstić information content (AvgIpc) is 2.94. The van der Waals surface area contributed by atoms with Crippen LogP contribution < -0.4 is 5.73 Å². The van der Waals surface area contributed by atoms with Crippen molar-refractivity contribution in [2.24, 2.45) is 7.05 Å². The van der Waals surface area contributed by atoms with Crippen LogP contribution in [0.2, 0.25) is 0 Å². The molecular weight excluding hydrogens is 362 g/mol. The maximum absolute atomic E-state index is 6.12. The Balaban J connectivity index is 1.71. The van der Waals surface area contributed by atoms with Crippen molar-refractivity contribution in [1.29, 1.82) is 0 Å². The molecule has 116 valence electrons. The summed E-state index contributed by atoms with van der Waals surface area (Å²) in [5.74, 6) is 1.62. The number of nitrogens with zero attached hydrogens (tertiary/aromatic N) is 4. The molecule has 22 heavy (non-hydrogen) atoms. The third kappa shape index (κ3) is 2.31. The lowest BCUT2D eigenvalue weighted by Crippen LogP contribution is -2.37. The predicted molar refractivity (Wildman–Crippen MR) is 95.4 cm³/mol. The highest BCUT2D eigenvalue weighted by molar-refractivity contribution is 9.11. The van der Waals surface area contributed by atoms with Gasteiger partial charge < -0.3 is 15.2 Å². The van der Waals surface area contributed by atoms with Gasteiger partial charge in [-0.1, -0.05) is 0 Å². The Hall–Kier alpha value is -1.18. The van der Waals surface area contributed by atoms with Crippen molar-refractivity contribution in [2.45, 2.75) is 19.3 Å². The van der Waals surface area contributed by atoms with Crippen molar-refractivity contribution in [3.05, 3.63) is 15.7 Å². The molecule has 0 spiro atoms. The Morgan fingerprint density at radius 3 is 2.91 bits per heavy atom. The number of pyridine rings is 1. The number of halogens is 1. The number of nitrogen functional groups attached to an aromatic ring is 1. The van der Waals surface area contributed by atoms with Gasteiger partial charge in [0, 0.05) is 13.5 Å². The van der Waals surface area contributed by atoms with E-state index in [9.17, 15) is 0 Å². The fourth-order valence-electron chi connectivity index (χ4n) is 3.06. The van der Waals surface area contributed by atoms with Crippen molar-refractivity contribution < 1.29 is 0 Å². The molecule has 0 atom stereocenters. The van der Waals surface area contributed by atoms with Crippen LogP contribution in [0.25, 0.3) is 21.3 Å². The third-order valence-electron chi connectivity index (χ3n) is 4.39. The molecule has 0 unspecified atom stereocenters. The second kappa shape index (κ2) is 5.47. The highest BCUT2D eigenvalue weighted by atomic mass is 79.9. The van der Waals surface area contributed by atoms with E-state index in [0.717, 1.165) is 50.2 Å². The zero-order chi connectivity index (χ0) is 15.3. The van der Waals surface area contributed by atoms with Gasteiger partial charge in [-0.2, -0.15) is 0 Å². The second-order valence-corrected chi connectivity index (χ2v) is 8.28. The van der Waals surface area contributed by atoms with Crippen molar-refractivity contribution in [1.82, 2.24) is 19.4 Å². The highest BCUT2D eigenvalue weighted by Gasteiger charge is 2.18. The fourth-order valence-corrected chi connectivity index (χ4v) is 4.67. The molecule has 7 heteroatoms. The van der Waals surface area contributed by atoms with Gasteiger partial charge in [-0.3, -0.25) is 0 Å². The highest BCUT2D eigenvalue weighted by Crippen LogP contribution is 2.36. The predicted octanol–water partition coefficient (Wildman–Crippen LogP) is 3.17. The van der Waals surface area contributed by atoms with Crippen LogP contribution in [0.5, 0.6) is 0 Å². The van der Waals surface area contributed by atoms with Gasteiger partial charge >= 0.3 is 0 Å². The summed E-state index contributed by atoms with van der Waals surface area (Å²) in [6.07, 6.45) is 3.47. The number of imidazole rings is 1. The molecule has 0 saturated carbocycles. The molecule has 2 N–H and O–H groups in total. The van der Waals surface area contributed by atoms with Gasteiger partial charge in [-0.15, -0.1) is 11.3 Å². The number of nitrogens with two attached hydrogens (primary N) is 1. The Morgan fingerprint density at radius 1 is 1.36 bits per heavy atom. The Bertz CT molecular complexity index is 849. The maximum atomic E-state index is 6.12. The molecule has 5 nitrogen and oxygen atoms in total. The van der Waals surface area contributed by atoms with E-state index in [1.165, 1.54) is 19.5 Å². The summed E-state index contributed by atoms with van der Waals surface area (Å²) in [6, 6.07) is 2.02. The quantitative estimate of drug-likeness (QED) is 0.756. The zero-order valence-electron chi connectivity index (χ0n) is 12.5. The lowest BCUT2D eigenvalue weighted by molar-refractivity contribution is 0.179. The summed E-state index contributed by atoms with van der Waals surface area (Å²) >= 11 is 5.23. The first-order chi connectivity index (χ1) is 10.6. The first-order valence-corrected chi connectivity index (χ1v) is 9.16. The number of fused-ring (bicyclic) bond motifs is 3. The molecule has 0 aromatic carbocycles. The van der Waals surface area contributed by atoms with Crippen LogP contribution in [0.4, 0.5) is 5.82 Å². The minimum atomic E-state index is 0.525. The molecule has 4 heterocycles. The standard InChI is InChI=1S/C15H18BrN5S/c1-20-11(4-2-5-21-6-3-7-21)19-12-13(20)14-9(18-15(12)17)8-10(16)22-14/h8H,2-7H2,1H3,(H2,17,18).